The van der Waals surface area contributed by atoms with Crippen LogP contribution < -0.4 is 10.2 Å². The average molecular weight is 337 g/mol. The van der Waals surface area contributed by atoms with Crippen LogP contribution >= 0.6 is 23.2 Å². The van der Waals surface area contributed by atoms with Gasteiger partial charge in [-0.3, -0.25) is 0 Å². The largest absolute Gasteiger partial charge is 0.356 e. The Bertz CT molecular complexity index is 634. The highest BCUT2D eigenvalue weighted by Crippen LogP contribution is 2.25. The Labute approximate surface area is 140 Å². The van der Waals surface area contributed by atoms with Crippen molar-refractivity contribution >= 4 is 40.7 Å². The molecule has 0 radical (unpaired) electrons. The van der Waals surface area contributed by atoms with E-state index in [-0.39, 0.29) is 0 Å². The first-order valence-corrected chi connectivity index (χ1v) is 8.17. The fraction of sp³-hybridized carbons (Fsp3) is 0.375. The van der Waals surface area contributed by atoms with Gasteiger partial charge in [0.2, 0.25) is 5.95 Å². The molecule has 0 atom stereocenters. The maximum atomic E-state index is 6.01. The zero-order valence-corrected chi connectivity index (χ0v) is 13.9. The molecule has 0 saturated carbocycles. The molecular weight excluding hydrogens is 319 g/mol. The van der Waals surface area contributed by atoms with Gasteiger partial charge in [0.05, 0.1) is 0 Å². The van der Waals surface area contributed by atoms with E-state index in [4.69, 9.17) is 23.2 Å². The summed E-state index contributed by atoms with van der Waals surface area (Å²) in [6.07, 6.45) is 4.18. The summed E-state index contributed by atoms with van der Waals surface area (Å²) < 4.78 is 0. The highest BCUT2D eigenvalue weighted by molar-refractivity contribution is 6.35. The van der Waals surface area contributed by atoms with Crippen LogP contribution in [0.3, 0.4) is 0 Å². The Morgan fingerprint density at radius 1 is 1.14 bits per heavy atom. The summed E-state index contributed by atoms with van der Waals surface area (Å²) in [6.45, 7) is 4.38. The highest BCUT2D eigenvalue weighted by Gasteiger charge is 2.17. The molecule has 1 aliphatic heterocycles. The van der Waals surface area contributed by atoms with Gasteiger partial charge in [0.1, 0.15) is 5.82 Å². The van der Waals surface area contributed by atoms with Gasteiger partial charge in [-0.25, -0.2) is 4.98 Å². The minimum Gasteiger partial charge on any atom is -0.356 e. The van der Waals surface area contributed by atoms with E-state index in [1.807, 2.05) is 6.07 Å². The third kappa shape index (κ3) is 3.81. The number of piperidine rings is 1. The first kappa shape index (κ1) is 15.4. The molecule has 1 aromatic heterocycles. The first-order chi connectivity index (χ1) is 10.6. The van der Waals surface area contributed by atoms with Crippen LogP contribution in [0.15, 0.2) is 30.5 Å². The summed E-state index contributed by atoms with van der Waals surface area (Å²) in [5, 5.41) is 4.32. The van der Waals surface area contributed by atoms with E-state index in [2.05, 4.69) is 27.1 Å². The summed E-state index contributed by atoms with van der Waals surface area (Å²) >= 11 is 12.0. The van der Waals surface area contributed by atoms with E-state index >= 15 is 0 Å². The molecule has 1 saturated heterocycles. The van der Waals surface area contributed by atoms with Gasteiger partial charge in [0.25, 0.3) is 0 Å². The number of hydrogen-bond acceptors (Lipinski definition) is 4. The van der Waals surface area contributed by atoms with E-state index in [9.17, 15) is 0 Å². The molecule has 4 nitrogen and oxygen atoms in total. The third-order valence-electron chi connectivity index (χ3n) is 3.87. The SMILES string of the molecule is CC1CCN(c2ccnc(Nc3cc(Cl)cc(Cl)c3)n2)CC1. The van der Waals surface area contributed by atoms with Gasteiger partial charge >= 0.3 is 0 Å². The maximum absolute atomic E-state index is 6.01. The second-order valence-electron chi connectivity index (χ2n) is 5.69. The summed E-state index contributed by atoms with van der Waals surface area (Å²) in [5.74, 6) is 2.30. The van der Waals surface area contributed by atoms with E-state index in [1.54, 1.807) is 24.4 Å². The molecule has 22 heavy (non-hydrogen) atoms. The molecule has 0 spiro atoms. The number of halogens is 2. The summed E-state index contributed by atoms with van der Waals surface area (Å²) in [6, 6.07) is 7.24. The molecule has 0 amide bonds. The fourth-order valence-electron chi connectivity index (χ4n) is 2.58. The molecule has 6 heteroatoms. The van der Waals surface area contributed by atoms with Crippen LogP contribution in [0.1, 0.15) is 19.8 Å². The van der Waals surface area contributed by atoms with E-state index in [0.717, 1.165) is 30.5 Å². The molecule has 2 aromatic rings. The number of rotatable bonds is 3. The first-order valence-electron chi connectivity index (χ1n) is 7.41. The molecule has 2 heterocycles. The predicted octanol–water partition coefficient (Wildman–Crippen LogP) is 4.76. The van der Waals surface area contributed by atoms with Gasteiger partial charge < -0.3 is 10.2 Å². The second kappa shape index (κ2) is 6.71. The Morgan fingerprint density at radius 2 is 1.82 bits per heavy atom. The topological polar surface area (TPSA) is 41.1 Å². The van der Waals surface area contributed by atoms with Crippen molar-refractivity contribution in [1.82, 2.24) is 9.97 Å². The van der Waals surface area contributed by atoms with Gasteiger partial charge in [-0.1, -0.05) is 30.1 Å². The lowest BCUT2D eigenvalue weighted by molar-refractivity contribution is 0.436. The van der Waals surface area contributed by atoms with Crippen molar-refractivity contribution in [2.24, 2.45) is 5.92 Å². The standard InChI is InChI=1S/C16H18Cl2N4/c1-11-3-6-22(7-4-11)15-2-5-19-16(21-15)20-14-9-12(17)8-13(18)10-14/h2,5,8-11H,3-4,6-7H2,1H3,(H,19,20,21). The van der Waals surface area contributed by atoms with Gasteiger partial charge in [-0.2, -0.15) is 4.98 Å². The molecule has 0 aliphatic carbocycles. The van der Waals surface area contributed by atoms with Crippen LogP contribution in [0, 0.1) is 5.92 Å². The molecule has 1 aromatic carbocycles. The number of hydrogen-bond donors (Lipinski definition) is 1. The van der Waals surface area contributed by atoms with E-state index < -0.39 is 0 Å². The Morgan fingerprint density at radius 3 is 2.50 bits per heavy atom. The van der Waals surface area contributed by atoms with Crippen LogP contribution in [0.25, 0.3) is 0 Å². The molecule has 1 fully saturated rings. The van der Waals surface area contributed by atoms with Crippen molar-refractivity contribution in [2.75, 3.05) is 23.3 Å². The number of benzene rings is 1. The Hall–Kier alpha value is -1.52. The zero-order valence-electron chi connectivity index (χ0n) is 12.4. The quantitative estimate of drug-likeness (QED) is 0.876. The van der Waals surface area contributed by atoms with Crippen molar-refractivity contribution < 1.29 is 0 Å². The number of aromatic nitrogens is 2. The van der Waals surface area contributed by atoms with Crippen molar-refractivity contribution in [2.45, 2.75) is 19.8 Å². The van der Waals surface area contributed by atoms with Crippen molar-refractivity contribution in [3.8, 4) is 0 Å². The number of nitrogens with zero attached hydrogens (tertiary/aromatic N) is 3. The molecule has 3 rings (SSSR count). The highest BCUT2D eigenvalue weighted by atomic mass is 35.5. The minimum atomic E-state index is 0.550. The van der Waals surface area contributed by atoms with Crippen LogP contribution in [-0.2, 0) is 0 Å². The molecule has 1 aliphatic rings. The Kier molecular flexibility index (Phi) is 4.69. The van der Waals surface area contributed by atoms with E-state index in [0.29, 0.717) is 16.0 Å². The van der Waals surface area contributed by atoms with Crippen molar-refractivity contribution in [3.05, 3.63) is 40.5 Å². The van der Waals surface area contributed by atoms with E-state index in [1.165, 1.54) is 12.8 Å². The second-order valence-corrected chi connectivity index (χ2v) is 6.56. The van der Waals surface area contributed by atoms with Gasteiger partial charge in [0, 0.05) is 35.0 Å². The fourth-order valence-corrected chi connectivity index (χ4v) is 3.10. The molecule has 0 unspecified atom stereocenters. The lowest BCUT2D eigenvalue weighted by Gasteiger charge is -2.31. The smallest absolute Gasteiger partial charge is 0.229 e. The average Bonchev–Trinajstić information content (AvgIpc) is 2.47. The van der Waals surface area contributed by atoms with Crippen LogP contribution in [0.2, 0.25) is 10.0 Å². The van der Waals surface area contributed by atoms with Gasteiger partial charge in [-0.05, 0) is 43.0 Å². The third-order valence-corrected chi connectivity index (χ3v) is 4.30. The summed E-state index contributed by atoms with van der Waals surface area (Å²) in [5.41, 5.74) is 0.780. The van der Waals surface area contributed by atoms with Crippen molar-refractivity contribution in [3.63, 3.8) is 0 Å². The predicted molar refractivity (Wildman–Crippen MR) is 92.4 cm³/mol. The lowest BCUT2D eigenvalue weighted by Crippen LogP contribution is -2.33. The minimum absolute atomic E-state index is 0.550. The number of anilines is 3. The zero-order chi connectivity index (χ0) is 15.5. The lowest BCUT2D eigenvalue weighted by atomic mass is 9.99. The Balaban J connectivity index is 1.76. The molecule has 116 valence electrons. The number of nitrogens with one attached hydrogen (secondary N) is 1. The molecular formula is C16H18Cl2N4. The normalized spacial score (nSPS) is 15.9. The van der Waals surface area contributed by atoms with Crippen LogP contribution in [-0.4, -0.2) is 23.1 Å². The molecule has 0 bridgehead atoms. The van der Waals surface area contributed by atoms with Crippen LogP contribution in [0.5, 0.6) is 0 Å². The van der Waals surface area contributed by atoms with Crippen LogP contribution in [0.4, 0.5) is 17.5 Å². The summed E-state index contributed by atoms with van der Waals surface area (Å²) in [7, 11) is 0. The van der Waals surface area contributed by atoms with Crippen molar-refractivity contribution in [1.29, 1.82) is 0 Å². The maximum Gasteiger partial charge on any atom is 0.229 e. The monoisotopic (exact) mass is 336 g/mol. The molecule has 1 N–H and O–H groups in total. The van der Waals surface area contributed by atoms with Gasteiger partial charge in [-0.15, -0.1) is 0 Å². The summed E-state index contributed by atoms with van der Waals surface area (Å²) in [4.78, 5) is 11.2. The van der Waals surface area contributed by atoms with Gasteiger partial charge in [0.15, 0.2) is 0 Å².